The van der Waals surface area contributed by atoms with Crippen LogP contribution in [0.3, 0.4) is 0 Å². The van der Waals surface area contributed by atoms with Crippen LogP contribution in [0, 0.1) is 19.8 Å². The van der Waals surface area contributed by atoms with Gasteiger partial charge in [-0.15, -0.1) is 0 Å². The predicted molar refractivity (Wildman–Crippen MR) is 157 cm³/mol. The number of hydrogen-bond donors (Lipinski definition) is 0. The minimum atomic E-state index is -4.17. The molecule has 0 fully saturated rings. The Morgan fingerprint density at radius 3 is 1.90 bits per heavy atom. The van der Waals surface area contributed by atoms with E-state index in [1.165, 1.54) is 0 Å². The lowest BCUT2D eigenvalue weighted by atomic mass is 9.78. The van der Waals surface area contributed by atoms with E-state index in [-0.39, 0.29) is 37.9 Å². The van der Waals surface area contributed by atoms with Crippen LogP contribution < -0.4 is 4.52 Å². The van der Waals surface area contributed by atoms with Gasteiger partial charge in [-0.05, 0) is 48.1 Å². The van der Waals surface area contributed by atoms with Crippen molar-refractivity contribution in [1.82, 2.24) is 0 Å². The second kappa shape index (κ2) is 14.4. The predicted octanol–water partition coefficient (Wildman–Crippen LogP) is 8.23. The SMILES string of the molecule is Cc1cc(C)c(C(C)(C)CC(=O)OC(=O)OCC(C)C)c(OP(=O)(OCc2ccccc2)OCc2ccccc2)c1. The molecule has 0 aromatic heterocycles. The van der Waals surface area contributed by atoms with Gasteiger partial charge in [-0.25, -0.2) is 9.36 Å². The van der Waals surface area contributed by atoms with Crippen LogP contribution in [0.1, 0.15) is 61.9 Å². The van der Waals surface area contributed by atoms with Crippen molar-refractivity contribution in [2.24, 2.45) is 5.92 Å². The number of carbonyl (C=O) groups excluding carboxylic acids is 2. The van der Waals surface area contributed by atoms with E-state index < -0.39 is 25.4 Å². The maximum absolute atomic E-state index is 14.1. The Labute approximate surface area is 242 Å². The van der Waals surface area contributed by atoms with Gasteiger partial charge in [0.1, 0.15) is 5.75 Å². The molecule has 0 bridgehead atoms. The molecule has 0 aliphatic carbocycles. The van der Waals surface area contributed by atoms with E-state index in [1.54, 1.807) is 6.07 Å². The largest absolute Gasteiger partial charge is 0.530 e. The zero-order valence-corrected chi connectivity index (χ0v) is 25.4. The molecule has 220 valence electrons. The van der Waals surface area contributed by atoms with Gasteiger partial charge in [0.2, 0.25) is 0 Å². The first-order valence-corrected chi connectivity index (χ1v) is 15.0. The minimum absolute atomic E-state index is 0.00124. The lowest BCUT2D eigenvalue weighted by Crippen LogP contribution is -2.27. The fourth-order valence-electron chi connectivity index (χ4n) is 4.38. The second-order valence-corrected chi connectivity index (χ2v) is 12.6. The van der Waals surface area contributed by atoms with E-state index in [4.69, 9.17) is 23.0 Å². The highest BCUT2D eigenvalue weighted by Crippen LogP contribution is 2.53. The van der Waals surface area contributed by atoms with Crippen molar-refractivity contribution in [2.45, 2.75) is 66.6 Å². The van der Waals surface area contributed by atoms with Crippen molar-refractivity contribution in [3.8, 4) is 5.75 Å². The molecular formula is C32H39O8P. The van der Waals surface area contributed by atoms with Gasteiger partial charge in [0.05, 0.1) is 26.2 Å². The molecule has 9 heteroatoms. The molecule has 3 aromatic rings. The maximum Gasteiger partial charge on any atom is 0.530 e. The van der Waals surface area contributed by atoms with Gasteiger partial charge in [0.15, 0.2) is 0 Å². The van der Waals surface area contributed by atoms with Crippen LogP contribution in [0.25, 0.3) is 0 Å². The third kappa shape index (κ3) is 10.2. The summed E-state index contributed by atoms with van der Waals surface area (Å²) in [6.07, 6.45) is -1.20. The maximum atomic E-state index is 14.1. The lowest BCUT2D eigenvalue weighted by molar-refractivity contribution is -0.141. The highest BCUT2D eigenvalue weighted by Gasteiger charge is 2.36. The number of carbonyl (C=O) groups is 2. The molecule has 0 aliphatic rings. The number of phosphoric acid groups is 1. The van der Waals surface area contributed by atoms with Crippen LogP contribution in [0.5, 0.6) is 5.75 Å². The van der Waals surface area contributed by atoms with E-state index in [1.807, 2.05) is 108 Å². The normalized spacial score (nSPS) is 11.8. The van der Waals surface area contributed by atoms with Gasteiger partial charge in [-0.1, -0.05) is 94.4 Å². The number of aryl methyl sites for hydroxylation is 2. The number of ether oxygens (including phenoxy) is 2. The summed E-state index contributed by atoms with van der Waals surface area (Å²) in [6, 6.07) is 22.3. The molecule has 0 aliphatic heterocycles. The van der Waals surface area contributed by atoms with Crippen LogP contribution in [-0.4, -0.2) is 18.7 Å². The van der Waals surface area contributed by atoms with Crippen molar-refractivity contribution in [3.05, 3.63) is 101 Å². The summed E-state index contributed by atoms with van der Waals surface area (Å²) in [5, 5.41) is 0. The van der Waals surface area contributed by atoms with E-state index in [0.717, 1.165) is 22.3 Å². The number of benzene rings is 3. The molecular weight excluding hydrogens is 543 g/mol. The number of hydrogen-bond acceptors (Lipinski definition) is 8. The summed E-state index contributed by atoms with van der Waals surface area (Å²) in [5.74, 6) is -0.390. The smallest absolute Gasteiger partial charge is 0.434 e. The Morgan fingerprint density at radius 1 is 0.854 bits per heavy atom. The Balaban J connectivity index is 1.88. The molecule has 0 heterocycles. The van der Waals surface area contributed by atoms with E-state index >= 15 is 0 Å². The summed E-state index contributed by atoms with van der Waals surface area (Å²) < 4.78 is 41.7. The summed E-state index contributed by atoms with van der Waals surface area (Å²) in [6.45, 7) is 11.3. The van der Waals surface area contributed by atoms with E-state index in [2.05, 4.69) is 0 Å². The molecule has 0 radical (unpaired) electrons. The van der Waals surface area contributed by atoms with Crippen LogP contribution in [-0.2, 0) is 46.5 Å². The Morgan fingerprint density at radius 2 is 1.39 bits per heavy atom. The Hall–Kier alpha value is -3.45. The summed E-state index contributed by atoms with van der Waals surface area (Å²) in [5.41, 5.74) is 2.99. The third-order valence-corrected chi connectivity index (χ3v) is 7.42. The van der Waals surface area contributed by atoms with Gasteiger partial charge >= 0.3 is 19.9 Å². The Kier molecular flexibility index (Phi) is 11.3. The molecule has 0 atom stereocenters. The van der Waals surface area contributed by atoms with Gasteiger partial charge < -0.3 is 14.0 Å². The van der Waals surface area contributed by atoms with Crippen molar-refractivity contribution >= 4 is 19.9 Å². The zero-order chi connectivity index (χ0) is 30.0. The van der Waals surface area contributed by atoms with Gasteiger partial charge in [0, 0.05) is 11.0 Å². The molecule has 0 spiro atoms. The average molecular weight is 583 g/mol. The molecule has 3 rings (SSSR count). The van der Waals surface area contributed by atoms with Gasteiger partial charge in [0.25, 0.3) is 0 Å². The molecule has 0 amide bonds. The molecule has 41 heavy (non-hydrogen) atoms. The zero-order valence-electron chi connectivity index (χ0n) is 24.5. The van der Waals surface area contributed by atoms with Crippen molar-refractivity contribution in [1.29, 1.82) is 0 Å². The number of esters is 1. The molecule has 0 N–H and O–H groups in total. The van der Waals surface area contributed by atoms with Crippen LogP contribution >= 0.6 is 7.82 Å². The molecule has 0 saturated heterocycles. The number of phosphoric ester groups is 1. The van der Waals surface area contributed by atoms with Crippen LogP contribution in [0.2, 0.25) is 0 Å². The molecule has 8 nitrogen and oxygen atoms in total. The first kappa shape index (κ1) is 32.1. The van der Waals surface area contributed by atoms with Crippen LogP contribution in [0.15, 0.2) is 72.8 Å². The number of rotatable bonds is 13. The van der Waals surface area contributed by atoms with Crippen molar-refractivity contribution in [3.63, 3.8) is 0 Å². The highest BCUT2D eigenvalue weighted by atomic mass is 31.2. The van der Waals surface area contributed by atoms with Crippen molar-refractivity contribution in [2.75, 3.05) is 6.61 Å². The quantitative estimate of drug-likeness (QED) is 0.113. The highest BCUT2D eigenvalue weighted by molar-refractivity contribution is 7.48. The van der Waals surface area contributed by atoms with Crippen molar-refractivity contribution < 1.29 is 37.2 Å². The standard InChI is InChI=1S/C32H39O8P/c1-23(2)20-36-31(34)39-29(33)19-32(5,6)30-25(4)17-24(3)18-28(30)40-41(35,37-21-26-13-9-7-10-14-26)38-22-27-15-11-8-12-16-27/h7-18,23H,19-22H2,1-6H3. The van der Waals surface area contributed by atoms with Crippen LogP contribution in [0.4, 0.5) is 4.79 Å². The fraction of sp³-hybridized carbons (Fsp3) is 0.375. The fourth-order valence-corrected chi connectivity index (χ4v) is 5.56. The van der Waals surface area contributed by atoms with Gasteiger partial charge in [-0.3, -0.25) is 13.8 Å². The Bertz CT molecular complexity index is 1310. The first-order valence-electron chi connectivity index (χ1n) is 13.5. The average Bonchev–Trinajstić information content (AvgIpc) is 2.90. The van der Waals surface area contributed by atoms with Gasteiger partial charge in [-0.2, -0.15) is 0 Å². The lowest BCUT2D eigenvalue weighted by Gasteiger charge is -2.30. The summed E-state index contributed by atoms with van der Waals surface area (Å²) in [7, 11) is -4.17. The first-order chi connectivity index (χ1) is 19.4. The third-order valence-electron chi connectivity index (χ3n) is 6.11. The summed E-state index contributed by atoms with van der Waals surface area (Å²) >= 11 is 0. The molecule has 3 aromatic carbocycles. The summed E-state index contributed by atoms with van der Waals surface area (Å²) in [4.78, 5) is 24.7. The molecule has 0 unspecified atom stereocenters. The topological polar surface area (TPSA) is 97.4 Å². The van der Waals surface area contributed by atoms with E-state index in [9.17, 15) is 14.2 Å². The van der Waals surface area contributed by atoms with E-state index in [0.29, 0.717) is 5.56 Å². The monoisotopic (exact) mass is 582 g/mol. The minimum Gasteiger partial charge on any atom is -0.434 e. The molecule has 0 saturated carbocycles. The second-order valence-electron chi connectivity index (χ2n) is 11.0.